The number of hydrogen-bond donors (Lipinski definition) is 12. The number of fused-ring (bicyclic) bond motifs is 2. The SMILES string of the molecule is O=C(Nc1cccc(Oc2cc(-c3[nH]c4cc(O)c(O)c(O)c4c(=O)c3C(=O)Nc3cc(O)c(O)c(O)c3)cc(O)c2O)c1)c1c[nH]c2ccccc2c1=O. The number of amides is 2. The zero-order valence-electron chi connectivity index (χ0n) is 27.7. The maximum Gasteiger partial charge on any atom is 0.261 e. The average molecular weight is 747 g/mol. The van der Waals surface area contributed by atoms with Crippen molar-refractivity contribution in [2.75, 3.05) is 10.6 Å². The molecule has 7 aromatic rings. The first-order chi connectivity index (χ1) is 26.2. The Balaban J connectivity index is 1.28. The molecule has 0 aliphatic rings. The summed E-state index contributed by atoms with van der Waals surface area (Å²) in [6.07, 6.45) is 1.28. The largest absolute Gasteiger partial charge is 0.504 e. The number of carbonyl (C=O) groups excluding carboxylic acids is 2. The van der Waals surface area contributed by atoms with Crippen molar-refractivity contribution in [1.82, 2.24) is 9.97 Å². The van der Waals surface area contributed by atoms with Gasteiger partial charge in [0, 0.05) is 58.3 Å². The summed E-state index contributed by atoms with van der Waals surface area (Å²) in [4.78, 5) is 59.3. The number of anilines is 2. The van der Waals surface area contributed by atoms with Crippen LogP contribution < -0.4 is 26.2 Å². The van der Waals surface area contributed by atoms with Crippen LogP contribution in [0, 0.1) is 0 Å². The fraction of sp³-hybridized carbons (Fsp3) is 0. The number of phenols is 8. The lowest BCUT2D eigenvalue weighted by atomic mass is 10.00. The molecule has 0 aliphatic heterocycles. The number of rotatable bonds is 7. The second kappa shape index (κ2) is 13.3. The second-order valence-electron chi connectivity index (χ2n) is 12.0. The van der Waals surface area contributed by atoms with Crippen LogP contribution in [0.2, 0.25) is 0 Å². The van der Waals surface area contributed by atoms with Gasteiger partial charge < -0.3 is 66.2 Å². The van der Waals surface area contributed by atoms with E-state index in [1.807, 2.05) is 0 Å². The van der Waals surface area contributed by atoms with E-state index >= 15 is 0 Å². The number of ether oxygens (including phenoxy) is 1. The van der Waals surface area contributed by atoms with Crippen LogP contribution in [0.5, 0.6) is 57.5 Å². The Bertz CT molecular complexity index is 2860. The van der Waals surface area contributed by atoms with Gasteiger partial charge in [0.2, 0.25) is 22.4 Å². The summed E-state index contributed by atoms with van der Waals surface area (Å²) in [7, 11) is 0. The Morgan fingerprint density at radius 1 is 0.600 bits per heavy atom. The Morgan fingerprint density at radius 3 is 2.02 bits per heavy atom. The lowest BCUT2D eigenvalue weighted by molar-refractivity contribution is 0.101. The number of carbonyl (C=O) groups is 2. The molecule has 55 heavy (non-hydrogen) atoms. The number of hydrogen-bond acceptors (Lipinski definition) is 13. The van der Waals surface area contributed by atoms with Crippen molar-refractivity contribution < 1.29 is 55.2 Å². The molecule has 17 heteroatoms. The lowest BCUT2D eigenvalue weighted by Crippen LogP contribution is -2.24. The molecule has 0 saturated heterocycles. The quantitative estimate of drug-likeness (QED) is 0.0758. The minimum absolute atomic E-state index is 0.000641. The highest BCUT2D eigenvalue weighted by Gasteiger charge is 2.27. The third kappa shape index (κ3) is 6.29. The predicted molar refractivity (Wildman–Crippen MR) is 197 cm³/mol. The molecule has 2 aromatic heterocycles. The molecule has 0 saturated carbocycles. The van der Waals surface area contributed by atoms with E-state index in [4.69, 9.17) is 4.74 Å². The molecular weight excluding hydrogens is 720 g/mol. The normalized spacial score (nSPS) is 11.1. The third-order valence-electron chi connectivity index (χ3n) is 8.47. The van der Waals surface area contributed by atoms with Crippen LogP contribution in [0.25, 0.3) is 33.1 Å². The van der Waals surface area contributed by atoms with E-state index < -0.39 is 85.4 Å². The molecule has 17 nitrogen and oxygen atoms in total. The van der Waals surface area contributed by atoms with Gasteiger partial charge in [0.15, 0.2) is 40.2 Å². The van der Waals surface area contributed by atoms with E-state index in [1.54, 1.807) is 24.3 Å². The molecule has 0 bridgehead atoms. The maximum absolute atomic E-state index is 13.9. The van der Waals surface area contributed by atoms with Gasteiger partial charge in [0.1, 0.15) is 16.9 Å². The molecule has 12 N–H and O–H groups in total. The highest BCUT2D eigenvalue weighted by Crippen LogP contribution is 2.44. The zero-order valence-corrected chi connectivity index (χ0v) is 27.7. The zero-order chi connectivity index (χ0) is 39.3. The number of nitrogens with one attached hydrogen (secondary N) is 4. The summed E-state index contributed by atoms with van der Waals surface area (Å²) >= 11 is 0. The number of aromatic hydroxyl groups is 8. The lowest BCUT2D eigenvalue weighted by Gasteiger charge is -2.16. The molecule has 0 unspecified atom stereocenters. The number of para-hydroxylation sites is 1. The van der Waals surface area contributed by atoms with Crippen molar-refractivity contribution in [3.05, 3.63) is 117 Å². The summed E-state index contributed by atoms with van der Waals surface area (Å²) in [6.45, 7) is 0. The molecule has 0 fully saturated rings. The van der Waals surface area contributed by atoms with Gasteiger partial charge in [0.25, 0.3) is 11.8 Å². The van der Waals surface area contributed by atoms with Crippen molar-refractivity contribution >= 4 is 45.0 Å². The van der Waals surface area contributed by atoms with Crippen molar-refractivity contribution in [3.8, 4) is 68.8 Å². The number of pyridine rings is 2. The number of benzene rings is 5. The topological polar surface area (TPSA) is 295 Å². The van der Waals surface area contributed by atoms with Gasteiger partial charge in [-0.25, -0.2) is 0 Å². The highest BCUT2D eigenvalue weighted by atomic mass is 16.5. The Labute approximate surface area is 305 Å². The summed E-state index contributed by atoms with van der Waals surface area (Å²) < 4.78 is 5.85. The smallest absolute Gasteiger partial charge is 0.261 e. The molecule has 276 valence electrons. The molecule has 2 amide bonds. The second-order valence-corrected chi connectivity index (χ2v) is 12.0. The van der Waals surface area contributed by atoms with E-state index in [2.05, 4.69) is 20.6 Å². The number of aromatic nitrogens is 2. The highest BCUT2D eigenvalue weighted by molar-refractivity contribution is 6.11. The molecule has 7 rings (SSSR count). The van der Waals surface area contributed by atoms with Crippen molar-refractivity contribution in [1.29, 1.82) is 0 Å². The molecular formula is C38H26N4O13. The van der Waals surface area contributed by atoms with Crippen LogP contribution in [0.1, 0.15) is 20.7 Å². The predicted octanol–water partition coefficient (Wildman–Crippen LogP) is 4.98. The fourth-order valence-corrected chi connectivity index (χ4v) is 5.83. The van der Waals surface area contributed by atoms with E-state index in [-0.39, 0.29) is 39.5 Å². The first-order valence-corrected chi connectivity index (χ1v) is 15.9. The molecule has 2 heterocycles. The van der Waals surface area contributed by atoms with Crippen molar-refractivity contribution in [2.24, 2.45) is 0 Å². The molecule has 0 atom stereocenters. The van der Waals surface area contributed by atoms with Gasteiger partial charge in [-0.2, -0.15) is 0 Å². The monoisotopic (exact) mass is 746 g/mol. The van der Waals surface area contributed by atoms with E-state index in [1.165, 1.54) is 30.5 Å². The fourth-order valence-electron chi connectivity index (χ4n) is 5.83. The Hall–Kier alpha value is -8.34. The minimum atomic E-state index is -1.22. The number of aromatic amines is 2. The van der Waals surface area contributed by atoms with Crippen LogP contribution in [0.3, 0.4) is 0 Å². The Kier molecular flexibility index (Phi) is 8.50. The first-order valence-electron chi connectivity index (χ1n) is 15.9. The van der Waals surface area contributed by atoms with Gasteiger partial charge in [-0.05, 0) is 36.4 Å². The summed E-state index contributed by atoms with van der Waals surface area (Å²) in [5, 5.41) is 86.6. The van der Waals surface area contributed by atoms with Crippen molar-refractivity contribution in [3.63, 3.8) is 0 Å². The van der Waals surface area contributed by atoms with Gasteiger partial charge in [-0.15, -0.1) is 0 Å². The van der Waals surface area contributed by atoms with Gasteiger partial charge in [-0.3, -0.25) is 19.2 Å². The van der Waals surface area contributed by atoms with Gasteiger partial charge in [-0.1, -0.05) is 18.2 Å². The Morgan fingerprint density at radius 2 is 1.27 bits per heavy atom. The summed E-state index contributed by atoms with van der Waals surface area (Å²) in [6, 6.07) is 17.1. The maximum atomic E-state index is 13.9. The number of phenolic OH excluding ortho intramolecular Hbond substituents is 8. The van der Waals surface area contributed by atoms with Crippen molar-refractivity contribution in [2.45, 2.75) is 0 Å². The number of H-pyrrole nitrogens is 2. The standard InChI is InChI=1S/C38H26N4O13/c43-23-8-15(9-27(33(23)49)55-18-5-3-4-16(10-18)40-37(53)20-14-39-21-7-2-1-6-19(21)31(20)47)30-29(38(54)41-17-11-24(44)32(48)25(45)12-17)35(51)28-22(42-30)13-26(46)34(50)36(28)52/h1-14,43-46,48-50,52H,(H,39,47)(H,40,53)(H,41,54)(H,42,51). The van der Waals surface area contributed by atoms with Gasteiger partial charge in [0.05, 0.1) is 16.6 Å². The first kappa shape index (κ1) is 35.1. The molecule has 5 aromatic carbocycles. The summed E-state index contributed by atoms with van der Waals surface area (Å²) in [5.74, 6) is -9.49. The van der Waals surface area contributed by atoms with Gasteiger partial charge >= 0.3 is 0 Å². The van der Waals surface area contributed by atoms with Crippen LogP contribution in [0.15, 0.2) is 94.6 Å². The van der Waals surface area contributed by atoms with Crippen LogP contribution in [0.4, 0.5) is 11.4 Å². The van der Waals surface area contributed by atoms with E-state index in [0.717, 1.165) is 30.3 Å². The summed E-state index contributed by atoms with van der Waals surface area (Å²) in [5.41, 5.74) is -3.08. The average Bonchev–Trinajstić information content (AvgIpc) is 3.14. The van der Waals surface area contributed by atoms with E-state index in [0.29, 0.717) is 10.9 Å². The van der Waals surface area contributed by atoms with E-state index in [9.17, 15) is 60.0 Å². The van der Waals surface area contributed by atoms with Crippen LogP contribution in [-0.2, 0) is 0 Å². The molecule has 0 radical (unpaired) electrons. The minimum Gasteiger partial charge on any atom is -0.504 e. The molecule has 0 aliphatic carbocycles. The molecule has 0 spiro atoms. The van der Waals surface area contributed by atoms with Crippen LogP contribution >= 0.6 is 0 Å². The third-order valence-corrected chi connectivity index (χ3v) is 8.47. The van der Waals surface area contributed by atoms with Crippen LogP contribution in [-0.4, -0.2) is 62.6 Å².